The monoisotopic (exact) mass is 245 g/mol. The number of benzene rings is 1. The summed E-state index contributed by atoms with van der Waals surface area (Å²) in [5.74, 6) is -1.36. The Kier molecular flexibility index (Phi) is 4.84. The van der Waals surface area contributed by atoms with Gasteiger partial charge in [-0.3, -0.25) is 0 Å². The molecule has 0 saturated carbocycles. The van der Waals surface area contributed by atoms with Crippen molar-refractivity contribution in [2.45, 2.75) is 19.6 Å². The van der Waals surface area contributed by atoms with Crippen molar-refractivity contribution < 1.29 is 18.6 Å². The lowest BCUT2D eigenvalue weighted by molar-refractivity contribution is 0.183. The maximum atomic E-state index is 13.7. The smallest absolute Gasteiger partial charge is 0.149 e. The molecule has 0 aliphatic heterocycles. The Morgan fingerprint density at radius 3 is 2.29 bits per heavy atom. The van der Waals surface area contributed by atoms with Crippen LogP contribution < -0.4 is 4.90 Å². The second-order valence-corrected chi connectivity index (χ2v) is 3.98. The number of anilines is 1. The highest BCUT2D eigenvalue weighted by Crippen LogP contribution is 2.25. The summed E-state index contributed by atoms with van der Waals surface area (Å²) in [5.41, 5.74) is 0.114. The minimum Gasteiger partial charge on any atom is -0.392 e. The normalized spacial score (nSPS) is 12.6. The summed E-state index contributed by atoms with van der Waals surface area (Å²) in [6, 6.07) is 2.12. The van der Waals surface area contributed by atoms with Crippen LogP contribution in [0.15, 0.2) is 12.1 Å². The van der Waals surface area contributed by atoms with Gasteiger partial charge in [-0.2, -0.15) is 0 Å². The first-order valence-corrected chi connectivity index (χ1v) is 5.31. The molecule has 0 aliphatic rings. The summed E-state index contributed by atoms with van der Waals surface area (Å²) in [6.07, 6.45) is 0. The van der Waals surface area contributed by atoms with Gasteiger partial charge >= 0.3 is 0 Å². The van der Waals surface area contributed by atoms with Crippen molar-refractivity contribution in [3.05, 3.63) is 29.3 Å². The molecule has 0 heterocycles. The third-order valence-corrected chi connectivity index (χ3v) is 2.68. The molecule has 0 aromatic heterocycles. The molecule has 0 fully saturated rings. The molecule has 17 heavy (non-hydrogen) atoms. The van der Waals surface area contributed by atoms with Crippen LogP contribution in [-0.4, -0.2) is 31.9 Å². The highest BCUT2D eigenvalue weighted by molar-refractivity contribution is 5.50. The van der Waals surface area contributed by atoms with Gasteiger partial charge in [-0.15, -0.1) is 0 Å². The van der Waals surface area contributed by atoms with Crippen LogP contribution in [0.2, 0.25) is 0 Å². The van der Waals surface area contributed by atoms with Gasteiger partial charge in [0.15, 0.2) is 0 Å². The molecule has 0 spiro atoms. The number of rotatable bonds is 5. The molecule has 1 aromatic rings. The molecule has 1 rings (SSSR count). The minimum absolute atomic E-state index is 0.105. The summed E-state index contributed by atoms with van der Waals surface area (Å²) in [4.78, 5) is 1.48. The first kappa shape index (κ1) is 13.9. The number of aliphatic hydroxyl groups is 1. The van der Waals surface area contributed by atoms with E-state index in [2.05, 4.69) is 0 Å². The SMILES string of the molecule is COCC(C)N(C)c1c(F)cc(CO)cc1F. The molecular weight excluding hydrogens is 228 g/mol. The fraction of sp³-hybridized carbons (Fsp3) is 0.500. The average molecular weight is 245 g/mol. The second-order valence-electron chi connectivity index (χ2n) is 3.98. The first-order valence-electron chi connectivity index (χ1n) is 5.31. The minimum atomic E-state index is -0.681. The molecule has 1 N–H and O–H groups in total. The van der Waals surface area contributed by atoms with E-state index < -0.39 is 11.6 Å². The van der Waals surface area contributed by atoms with Crippen molar-refractivity contribution >= 4 is 5.69 Å². The van der Waals surface area contributed by atoms with Crippen molar-refractivity contribution in [1.29, 1.82) is 0 Å². The fourth-order valence-electron chi connectivity index (χ4n) is 1.62. The zero-order valence-corrected chi connectivity index (χ0v) is 10.2. The lowest BCUT2D eigenvalue weighted by atomic mass is 10.1. The topological polar surface area (TPSA) is 32.7 Å². The van der Waals surface area contributed by atoms with Crippen LogP contribution >= 0.6 is 0 Å². The summed E-state index contributed by atoms with van der Waals surface area (Å²) < 4.78 is 32.4. The van der Waals surface area contributed by atoms with Crippen molar-refractivity contribution in [2.75, 3.05) is 25.7 Å². The molecule has 1 aromatic carbocycles. The summed E-state index contributed by atoms with van der Waals surface area (Å²) in [7, 11) is 3.13. The molecular formula is C12H17F2NO2. The van der Waals surface area contributed by atoms with E-state index in [9.17, 15) is 8.78 Å². The Hall–Kier alpha value is -1.20. The van der Waals surface area contributed by atoms with E-state index in [4.69, 9.17) is 9.84 Å². The van der Waals surface area contributed by atoms with Gasteiger partial charge in [0, 0.05) is 20.2 Å². The van der Waals surface area contributed by atoms with Crippen LogP contribution in [0.4, 0.5) is 14.5 Å². The Bertz CT molecular complexity index is 362. The zero-order chi connectivity index (χ0) is 13.0. The predicted molar refractivity (Wildman–Crippen MR) is 62.0 cm³/mol. The third-order valence-electron chi connectivity index (χ3n) is 2.68. The van der Waals surface area contributed by atoms with E-state index in [1.807, 2.05) is 6.92 Å². The highest BCUT2D eigenvalue weighted by atomic mass is 19.1. The van der Waals surface area contributed by atoms with E-state index in [0.29, 0.717) is 6.61 Å². The molecule has 1 unspecified atom stereocenters. The van der Waals surface area contributed by atoms with Crippen molar-refractivity contribution in [3.8, 4) is 0 Å². The molecule has 96 valence electrons. The van der Waals surface area contributed by atoms with Crippen molar-refractivity contribution in [3.63, 3.8) is 0 Å². The lowest BCUT2D eigenvalue weighted by Crippen LogP contribution is -2.34. The quantitative estimate of drug-likeness (QED) is 0.860. The molecule has 5 heteroatoms. The van der Waals surface area contributed by atoms with Crippen LogP contribution in [0.1, 0.15) is 12.5 Å². The molecule has 0 saturated heterocycles. The maximum absolute atomic E-state index is 13.7. The number of ether oxygens (including phenoxy) is 1. The molecule has 0 bridgehead atoms. The van der Waals surface area contributed by atoms with Gasteiger partial charge in [0.05, 0.1) is 13.2 Å². The van der Waals surface area contributed by atoms with E-state index in [0.717, 1.165) is 12.1 Å². The molecule has 3 nitrogen and oxygen atoms in total. The van der Waals surface area contributed by atoms with Crippen LogP contribution in [0.25, 0.3) is 0 Å². The van der Waals surface area contributed by atoms with Gasteiger partial charge in [0.1, 0.15) is 17.3 Å². The van der Waals surface area contributed by atoms with E-state index in [1.54, 1.807) is 7.05 Å². The highest BCUT2D eigenvalue weighted by Gasteiger charge is 2.19. The average Bonchev–Trinajstić information content (AvgIpc) is 2.28. The number of nitrogens with zero attached hydrogens (tertiary/aromatic N) is 1. The summed E-state index contributed by atoms with van der Waals surface area (Å²) in [5, 5.41) is 8.84. The van der Waals surface area contributed by atoms with E-state index >= 15 is 0 Å². The van der Waals surface area contributed by atoms with Crippen molar-refractivity contribution in [2.24, 2.45) is 0 Å². The Labute approximate surface area is 99.6 Å². The Morgan fingerprint density at radius 2 is 1.88 bits per heavy atom. The van der Waals surface area contributed by atoms with E-state index in [-0.39, 0.29) is 23.9 Å². The number of aliphatic hydroxyl groups excluding tert-OH is 1. The number of hydrogen-bond acceptors (Lipinski definition) is 3. The molecule has 1 atom stereocenters. The Morgan fingerprint density at radius 1 is 1.35 bits per heavy atom. The number of hydrogen-bond donors (Lipinski definition) is 1. The molecule has 0 aliphatic carbocycles. The second kappa shape index (κ2) is 5.93. The van der Waals surface area contributed by atoms with Gasteiger partial charge in [0.25, 0.3) is 0 Å². The number of likely N-dealkylation sites (N-methyl/N-ethyl adjacent to an activating group) is 1. The van der Waals surface area contributed by atoms with Gasteiger partial charge in [-0.1, -0.05) is 0 Å². The summed E-state index contributed by atoms with van der Waals surface area (Å²) in [6.45, 7) is 1.80. The standard InChI is InChI=1S/C12H17F2NO2/c1-8(7-17-3)15(2)12-10(13)4-9(6-16)5-11(12)14/h4-5,8,16H,6-7H2,1-3H3. The van der Waals surface area contributed by atoms with Crippen LogP contribution in [0, 0.1) is 11.6 Å². The lowest BCUT2D eigenvalue weighted by Gasteiger charge is -2.27. The Balaban J connectivity index is 3.05. The summed E-state index contributed by atoms with van der Waals surface area (Å²) >= 11 is 0. The van der Waals surface area contributed by atoms with Gasteiger partial charge < -0.3 is 14.7 Å². The van der Waals surface area contributed by atoms with Gasteiger partial charge in [-0.25, -0.2) is 8.78 Å². The number of halogens is 2. The maximum Gasteiger partial charge on any atom is 0.149 e. The molecule has 0 amide bonds. The largest absolute Gasteiger partial charge is 0.392 e. The van der Waals surface area contributed by atoms with E-state index in [1.165, 1.54) is 12.0 Å². The van der Waals surface area contributed by atoms with Crippen LogP contribution in [-0.2, 0) is 11.3 Å². The third kappa shape index (κ3) is 3.14. The van der Waals surface area contributed by atoms with Gasteiger partial charge in [-0.05, 0) is 24.6 Å². The molecule has 0 radical (unpaired) electrons. The zero-order valence-electron chi connectivity index (χ0n) is 10.2. The van der Waals surface area contributed by atoms with Gasteiger partial charge in [0.2, 0.25) is 0 Å². The van der Waals surface area contributed by atoms with Crippen LogP contribution in [0.5, 0.6) is 0 Å². The van der Waals surface area contributed by atoms with Crippen molar-refractivity contribution in [1.82, 2.24) is 0 Å². The first-order chi connectivity index (χ1) is 8.01. The fourth-order valence-corrected chi connectivity index (χ4v) is 1.62. The number of methoxy groups -OCH3 is 1. The van der Waals surface area contributed by atoms with Crippen LogP contribution in [0.3, 0.4) is 0 Å². The predicted octanol–water partition coefficient (Wildman–Crippen LogP) is 1.93.